The van der Waals surface area contributed by atoms with Gasteiger partial charge in [-0.2, -0.15) is 0 Å². The van der Waals surface area contributed by atoms with Gasteiger partial charge in [0.25, 0.3) is 0 Å². The van der Waals surface area contributed by atoms with Crippen molar-refractivity contribution in [2.24, 2.45) is 5.92 Å². The molecular formula is C13H27N3O. The molecule has 0 aromatic rings. The summed E-state index contributed by atoms with van der Waals surface area (Å²) in [5, 5.41) is 3.16. The molecule has 1 N–H and O–H groups in total. The summed E-state index contributed by atoms with van der Waals surface area (Å²) in [6.45, 7) is 6.77. The lowest BCUT2D eigenvalue weighted by Crippen LogP contribution is -2.41. The normalized spacial score (nSPS) is 18.3. The molecule has 0 atom stereocenters. The van der Waals surface area contributed by atoms with Crippen molar-refractivity contribution < 1.29 is 4.79 Å². The Bertz CT molecular complexity index is 225. The summed E-state index contributed by atoms with van der Waals surface area (Å²) < 4.78 is 0. The van der Waals surface area contributed by atoms with Crippen molar-refractivity contribution in [3.63, 3.8) is 0 Å². The lowest BCUT2D eigenvalue weighted by atomic mass is 9.97. The molecule has 1 saturated heterocycles. The number of amides is 1. The Hall–Kier alpha value is -0.610. The van der Waals surface area contributed by atoms with E-state index < -0.39 is 0 Å². The number of carbonyl (C=O) groups is 1. The second kappa shape index (κ2) is 7.67. The van der Waals surface area contributed by atoms with Gasteiger partial charge in [0.05, 0.1) is 6.54 Å². The highest BCUT2D eigenvalue weighted by Crippen LogP contribution is 2.16. The maximum Gasteiger partial charge on any atom is 0.236 e. The molecule has 17 heavy (non-hydrogen) atoms. The first kappa shape index (κ1) is 14.5. The molecule has 1 amide bonds. The van der Waals surface area contributed by atoms with Gasteiger partial charge in [-0.3, -0.25) is 4.79 Å². The second-order valence-electron chi connectivity index (χ2n) is 5.20. The summed E-state index contributed by atoms with van der Waals surface area (Å²) >= 11 is 0. The number of likely N-dealkylation sites (tertiary alicyclic amines) is 1. The molecule has 0 aliphatic carbocycles. The van der Waals surface area contributed by atoms with Gasteiger partial charge in [-0.1, -0.05) is 6.92 Å². The highest BCUT2D eigenvalue weighted by molar-refractivity contribution is 5.77. The van der Waals surface area contributed by atoms with E-state index in [0.29, 0.717) is 12.5 Å². The van der Waals surface area contributed by atoms with Crippen LogP contribution < -0.4 is 5.32 Å². The number of nitrogens with one attached hydrogen (secondary N) is 1. The number of nitrogens with zero attached hydrogens (tertiary/aromatic N) is 2. The first-order valence-corrected chi connectivity index (χ1v) is 6.76. The smallest absolute Gasteiger partial charge is 0.236 e. The molecule has 0 bridgehead atoms. The van der Waals surface area contributed by atoms with E-state index in [9.17, 15) is 4.79 Å². The molecule has 1 rings (SSSR count). The summed E-state index contributed by atoms with van der Waals surface area (Å²) in [7, 11) is 4.09. The van der Waals surface area contributed by atoms with Crippen LogP contribution in [0.3, 0.4) is 0 Å². The van der Waals surface area contributed by atoms with Gasteiger partial charge in [-0.05, 0) is 51.9 Å². The van der Waals surface area contributed by atoms with Crippen LogP contribution in [0.5, 0.6) is 0 Å². The molecule has 0 aromatic heterocycles. The van der Waals surface area contributed by atoms with Crippen molar-refractivity contribution >= 4 is 5.91 Å². The van der Waals surface area contributed by atoms with Crippen LogP contribution in [0, 0.1) is 5.92 Å². The Labute approximate surface area is 105 Å². The van der Waals surface area contributed by atoms with Gasteiger partial charge in [0.1, 0.15) is 0 Å². The fourth-order valence-corrected chi connectivity index (χ4v) is 2.24. The highest BCUT2D eigenvalue weighted by Gasteiger charge is 2.19. The first-order valence-electron chi connectivity index (χ1n) is 6.76. The number of likely N-dealkylation sites (N-methyl/N-ethyl adjacent to an activating group) is 1. The van der Waals surface area contributed by atoms with Gasteiger partial charge in [0, 0.05) is 13.6 Å². The lowest BCUT2D eigenvalue weighted by Gasteiger charge is -2.31. The Morgan fingerprint density at radius 1 is 1.41 bits per heavy atom. The minimum absolute atomic E-state index is 0.220. The SMILES string of the molecule is CCCNCC(=O)N(C)CC1CCN(C)CC1. The van der Waals surface area contributed by atoms with Crippen LogP contribution >= 0.6 is 0 Å². The van der Waals surface area contributed by atoms with E-state index in [1.54, 1.807) is 0 Å². The zero-order valence-corrected chi connectivity index (χ0v) is 11.5. The van der Waals surface area contributed by atoms with Gasteiger partial charge in [0.2, 0.25) is 5.91 Å². The third-order valence-electron chi connectivity index (χ3n) is 3.50. The predicted molar refractivity (Wildman–Crippen MR) is 71.0 cm³/mol. The maximum absolute atomic E-state index is 11.8. The summed E-state index contributed by atoms with van der Waals surface area (Å²) in [4.78, 5) is 16.1. The first-order chi connectivity index (χ1) is 8.13. The van der Waals surface area contributed by atoms with Crippen LogP contribution in [-0.2, 0) is 4.79 Å². The van der Waals surface area contributed by atoms with Gasteiger partial charge in [0.15, 0.2) is 0 Å². The van der Waals surface area contributed by atoms with E-state index in [4.69, 9.17) is 0 Å². The summed E-state index contributed by atoms with van der Waals surface area (Å²) in [6.07, 6.45) is 3.51. The van der Waals surface area contributed by atoms with Crippen LogP contribution in [0.1, 0.15) is 26.2 Å². The summed E-state index contributed by atoms with van der Waals surface area (Å²) in [6, 6.07) is 0. The van der Waals surface area contributed by atoms with E-state index in [-0.39, 0.29) is 5.91 Å². The molecule has 1 fully saturated rings. The fourth-order valence-electron chi connectivity index (χ4n) is 2.24. The van der Waals surface area contributed by atoms with Gasteiger partial charge in [-0.15, -0.1) is 0 Å². The van der Waals surface area contributed by atoms with Crippen molar-refractivity contribution in [3.05, 3.63) is 0 Å². The van der Waals surface area contributed by atoms with Crippen LogP contribution in [0.4, 0.5) is 0 Å². The summed E-state index contributed by atoms with van der Waals surface area (Å²) in [5.74, 6) is 0.906. The Kier molecular flexibility index (Phi) is 6.52. The largest absolute Gasteiger partial charge is 0.344 e. The Morgan fingerprint density at radius 2 is 2.06 bits per heavy atom. The number of carbonyl (C=O) groups excluding carboxylic acids is 1. The minimum atomic E-state index is 0.220. The van der Waals surface area contributed by atoms with E-state index in [2.05, 4.69) is 24.2 Å². The third kappa shape index (κ3) is 5.50. The molecule has 4 heteroatoms. The highest BCUT2D eigenvalue weighted by atomic mass is 16.2. The molecular weight excluding hydrogens is 214 g/mol. The Balaban J connectivity index is 2.19. The van der Waals surface area contributed by atoms with Gasteiger partial charge >= 0.3 is 0 Å². The zero-order valence-electron chi connectivity index (χ0n) is 11.5. The van der Waals surface area contributed by atoms with Gasteiger partial charge in [-0.25, -0.2) is 0 Å². The van der Waals surface area contributed by atoms with Crippen molar-refractivity contribution in [1.29, 1.82) is 0 Å². The van der Waals surface area contributed by atoms with Crippen molar-refractivity contribution in [2.45, 2.75) is 26.2 Å². The predicted octanol–water partition coefficient (Wildman–Crippen LogP) is 0.786. The van der Waals surface area contributed by atoms with E-state index in [1.165, 1.54) is 25.9 Å². The fraction of sp³-hybridized carbons (Fsp3) is 0.923. The quantitative estimate of drug-likeness (QED) is 0.698. The molecule has 1 heterocycles. The topological polar surface area (TPSA) is 35.6 Å². The van der Waals surface area contributed by atoms with Crippen LogP contribution in [0.15, 0.2) is 0 Å². The zero-order chi connectivity index (χ0) is 12.7. The van der Waals surface area contributed by atoms with E-state index >= 15 is 0 Å². The molecule has 1 aliphatic heterocycles. The molecule has 0 aromatic carbocycles. The minimum Gasteiger partial charge on any atom is -0.344 e. The molecule has 4 nitrogen and oxygen atoms in total. The van der Waals surface area contributed by atoms with E-state index in [0.717, 1.165) is 19.5 Å². The number of hydrogen-bond acceptors (Lipinski definition) is 3. The van der Waals surface area contributed by atoms with Crippen molar-refractivity contribution in [1.82, 2.24) is 15.1 Å². The number of piperidine rings is 1. The number of hydrogen-bond donors (Lipinski definition) is 1. The average Bonchev–Trinajstić information content (AvgIpc) is 2.32. The lowest BCUT2D eigenvalue weighted by molar-refractivity contribution is -0.129. The monoisotopic (exact) mass is 241 g/mol. The molecule has 0 unspecified atom stereocenters. The molecule has 1 aliphatic rings. The van der Waals surface area contributed by atoms with Crippen molar-refractivity contribution in [2.75, 3.05) is 46.8 Å². The second-order valence-corrected chi connectivity index (χ2v) is 5.20. The van der Waals surface area contributed by atoms with Crippen LogP contribution in [-0.4, -0.2) is 62.5 Å². The van der Waals surface area contributed by atoms with Crippen LogP contribution in [0.25, 0.3) is 0 Å². The van der Waals surface area contributed by atoms with E-state index in [1.807, 2.05) is 11.9 Å². The molecule has 0 spiro atoms. The summed E-state index contributed by atoms with van der Waals surface area (Å²) in [5.41, 5.74) is 0. The third-order valence-corrected chi connectivity index (χ3v) is 3.50. The molecule has 0 radical (unpaired) electrons. The maximum atomic E-state index is 11.8. The van der Waals surface area contributed by atoms with Crippen molar-refractivity contribution in [3.8, 4) is 0 Å². The standard InChI is InChI=1S/C13H27N3O/c1-4-7-14-10-13(17)16(3)11-12-5-8-15(2)9-6-12/h12,14H,4-11H2,1-3H3. The number of rotatable bonds is 6. The Morgan fingerprint density at radius 3 is 2.65 bits per heavy atom. The van der Waals surface area contributed by atoms with Crippen LogP contribution in [0.2, 0.25) is 0 Å². The molecule has 0 saturated carbocycles. The average molecular weight is 241 g/mol. The van der Waals surface area contributed by atoms with Gasteiger partial charge < -0.3 is 15.1 Å². The molecule has 100 valence electrons.